The summed E-state index contributed by atoms with van der Waals surface area (Å²) in [5, 5.41) is 2.48. The number of carbonyl (C=O) groups excluding carboxylic acids is 2. The van der Waals surface area contributed by atoms with E-state index in [4.69, 9.17) is 0 Å². The molecule has 0 aliphatic rings. The molecule has 2 rings (SSSR count). The van der Waals surface area contributed by atoms with E-state index in [1.54, 1.807) is 0 Å². The van der Waals surface area contributed by atoms with Gasteiger partial charge in [0.15, 0.2) is 0 Å². The molecular formula is C16H13F3N2O2. The summed E-state index contributed by atoms with van der Waals surface area (Å²) in [6, 6.07) is 7.53. The zero-order chi connectivity index (χ0) is 17.0. The Morgan fingerprint density at radius 3 is 2.09 bits per heavy atom. The Hall–Kier alpha value is -2.83. The molecular weight excluding hydrogens is 309 g/mol. The molecule has 7 heteroatoms. The fourth-order valence-electron chi connectivity index (χ4n) is 1.92. The van der Waals surface area contributed by atoms with E-state index in [0.717, 1.165) is 17.0 Å². The Bertz CT molecular complexity index is 712. The third kappa shape index (κ3) is 4.57. The van der Waals surface area contributed by atoms with Crippen molar-refractivity contribution < 1.29 is 22.8 Å². The number of carbonyl (C=O) groups is 2. The molecule has 120 valence electrons. The monoisotopic (exact) mass is 322 g/mol. The van der Waals surface area contributed by atoms with E-state index >= 15 is 0 Å². The first-order valence-electron chi connectivity index (χ1n) is 6.62. The molecule has 0 radical (unpaired) electrons. The maximum atomic E-state index is 13.1. The highest BCUT2D eigenvalue weighted by Crippen LogP contribution is 2.11. The van der Waals surface area contributed by atoms with E-state index in [0.29, 0.717) is 11.8 Å². The van der Waals surface area contributed by atoms with Gasteiger partial charge in [-0.2, -0.15) is 0 Å². The van der Waals surface area contributed by atoms with E-state index in [1.165, 1.54) is 31.3 Å². The quantitative estimate of drug-likeness (QED) is 0.941. The summed E-state index contributed by atoms with van der Waals surface area (Å²) in [6.07, 6.45) is 0. The molecule has 0 saturated carbocycles. The molecule has 0 spiro atoms. The molecule has 4 nitrogen and oxygen atoms in total. The van der Waals surface area contributed by atoms with Crippen molar-refractivity contribution in [3.63, 3.8) is 0 Å². The lowest BCUT2D eigenvalue weighted by Crippen LogP contribution is -2.35. The highest BCUT2D eigenvalue weighted by atomic mass is 19.1. The van der Waals surface area contributed by atoms with Crippen molar-refractivity contribution in [1.82, 2.24) is 4.90 Å². The predicted molar refractivity (Wildman–Crippen MR) is 78.3 cm³/mol. The Kier molecular flexibility index (Phi) is 5.00. The molecule has 0 aromatic heterocycles. The third-order valence-corrected chi connectivity index (χ3v) is 2.96. The van der Waals surface area contributed by atoms with Gasteiger partial charge < -0.3 is 10.2 Å². The topological polar surface area (TPSA) is 49.4 Å². The fourth-order valence-corrected chi connectivity index (χ4v) is 1.92. The van der Waals surface area contributed by atoms with Gasteiger partial charge in [0.05, 0.1) is 6.54 Å². The molecule has 0 fully saturated rings. The number of hydrogen-bond acceptors (Lipinski definition) is 2. The maximum absolute atomic E-state index is 13.1. The van der Waals surface area contributed by atoms with E-state index in [-0.39, 0.29) is 12.1 Å². The summed E-state index contributed by atoms with van der Waals surface area (Å²) in [6.45, 7) is -0.325. The van der Waals surface area contributed by atoms with Crippen molar-refractivity contribution in [3.8, 4) is 0 Å². The Morgan fingerprint density at radius 2 is 1.52 bits per heavy atom. The summed E-state index contributed by atoms with van der Waals surface area (Å²) < 4.78 is 39.0. The largest absolute Gasteiger partial charge is 0.332 e. The zero-order valence-electron chi connectivity index (χ0n) is 12.1. The lowest BCUT2D eigenvalue weighted by Gasteiger charge is -2.17. The van der Waals surface area contributed by atoms with E-state index in [2.05, 4.69) is 5.32 Å². The number of nitrogens with zero attached hydrogens (tertiary/aromatic N) is 1. The molecule has 1 N–H and O–H groups in total. The van der Waals surface area contributed by atoms with Crippen molar-refractivity contribution in [2.24, 2.45) is 0 Å². The fraction of sp³-hybridized carbons (Fsp3) is 0.125. The van der Waals surface area contributed by atoms with Gasteiger partial charge in [0.2, 0.25) is 5.91 Å². The molecule has 0 heterocycles. The third-order valence-electron chi connectivity index (χ3n) is 2.96. The van der Waals surface area contributed by atoms with Crippen LogP contribution in [0.3, 0.4) is 0 Å². The molecule has 23 heavy (non-hydrogen) atoms. The smallest absolute Gasteiger partial charge is 0.254 e. The number of amides is 2. The second-order valence-corrected chi connectivity index (χ2v) is 4.87. The molecule has 0 bridgehead atoms. The van der Waals surface area contributed by atoms with E-state index in [1.807, 2.05) is 0 Å². The summed E-state index contributed by atoms with van der Waals surface area (Å²) in [7, 11) is 1.33. The van der Waals surface area contributed by atoms with Crippen LogP contribution in [-0.4, -0.2) is 30.3 Å². The molecule has 2 aromatic rings. The van der Waals surface area contributed by atoms with Gasteiger partial charge in [-0.3, -0.25) is 9.59 Å². The van der Waals surface area contributed by atoms with Crippen molar-refractivity contribution in [2.45, 2.75) is 0 Å². The molecule has 0 unspecified atom stereocenters. The van der Waals surface area contributed by atoms with E-state index < -0.39 is 29.3 Å². The molecule has 2 aromatic carbocycles. The standard InChI is InChI=1S/C16H13F3N2O2/c1-21(16(23)10-6-12(18)8-13(19)7-10)9-15(22)20-14-4-2-11(17)3-5-14/h2-8H,9H2,1H3,(H,20,22). The number of likely N-dealkylation sites (N-methyl/N-ethyl adjacent to an activating group) is 1. The van der Waals surface area contributed by atoms with E-state index in [9.17, 15) is 22.8 Å². The Balaban J connectivity index is 1.99. The minimum atomic E-state index is -0.877. The molecule has 0 atom stereocenters. The lowest BCUT2D eigenvalue weighted by atomic mass is 10.2. The van der Waals surface area contributed by atoms with Crippen molar-refractivity contribution in [3.05, 3.63) is 65.5 Å². The number of rotatable bonds is 4. The first-order valence-corrected chi connectivity index (χ1v) is 6.62. The van der Waals surface area contributed by atoms with Crippen LogP contribution in [0.1, 0.15) is 10.4 Å². The lowest BCUT2D eigenvalue weighted by molar-refractivity contribution is -0.116. The van der Waals surface area contributed by atoms with Crippen LogP contribution in [0.4, 0.5) is 18.9 Å². The number of halogens is 3. The first-order chi connectivity index (χ1) is 10.8. The molecule has 0 aliphatic heterocycles. The molecule has 0 saturated heterocycles. The van der Waals surface area contributed by atoms with Crippen LogP contribution < -0.4 is 5.32 Å². The van der Waals surface area contributed by atoms with Gasteiger partial charge in [-0.25, -0.2) is 13.2 Å². The van der Waals surface area contributed by atoms with Gasteiger partial charge in [0, 0.05) is 24.4 Å². The normalized spacial score (nSPS) is 10.3. The highest BCUT2D eigenvalue weighted by molar-refractivity contribution is 5.99. The van der Waals surface area contributed by atoms with Crippen molar-refractivity contribution in [2.75, 3.05) is 18.9 Å². The summed E-state index contributed by atoms with van der Waals surface area (Å²) in [5.41, 5.74) is 0.175. The van der Waals surface area contributed by atoms with Gasteiger partial charge in [-0.1, -0.05) is 0 Å². The second-order valence-electron chi connectivity index (χ2n) is 4.87. The SMILES string of the molecule is CN(CC(=O)Nc1ccc(F)cc1)C(=O)c1cc(F)cc(F)c1. The van der Waals surface area contributed by atoms with Gasteiger partial charge in [-0.05, 0) is 36.4 Å². The predicted octanol–water partition coefficient (Wildman–Crippen LogP) is 2.81. The summed E-state index contributed by atoms with van der Waals surface area (Å²) in [5.74, 6) is -3.42. The minimum Gasteiger partial charge on any atom is -0.332 e. The highest BCUT2D eigenvalue weighted by Gasteiger charge is 2.16. The maximum Gasteiger partial charge on any atom is 0.254 e. The number of hydrogen-bond donors (Lipinski definition) is 1. The number of anilines is 1. The van der Waals surface area contributed by atoms with Crippen molar-refractivity contribution in [1.29, 1.82) is 0 Å². The minimum absolute atomic E-state index is 0.195. The summed E-state index contributed by atoms with van der Waals surface area (Å²) in [4.78, 5) is 24.9. The van der Waals surface area contributed by atoms with Crippen LogP contribution in [0, 0.1) is 17.5 Å². The van der Waals surface area contributed by atoms with Gasteiger partial charge in [-0.15, -0.1) is 0 Å². The van der Waals surface area contributed by atoms with Crippen LogP contribution in [0.5, 0.6) is 0 Å². The first kappa shape index (κ1) is 16.5. The second kappa shape index (κ2) is 6.95. The Labute approximate surface area is 130 Å². The Morgan fingerprint density at radius 1 is 0.957 bits per heavy atom. The van der Waals surface area contributed by atoms with Crippen molar-refractivity contribution >= 4 is 17.5 Å². The number of nitrogens with one attached hydrogen (secondary N) is 1. The van der Waals surface area contributed by atoms with Crippen LogP contribution in [0.2, 0.25) is 0 Å². The van der Waals surface area contributed by atoms with Gasteiger partial charge >= 0.3 is 0 Å². The van der Waals surface area contributed by atoms with Crippen LogP contribution in [0.15, 0.2) is 42.5 Å². The van der Waals surface area contributed by atoms with Crippen LogP contribution >= 0.6 is 0 Å². The molecule has 0 aliphatic carbocycles. The average Bonchev–Trinajstić information content (AvgIpc) is 2.47. The summed E-state index contributed by atoms with van der Waals surface area (Å²) >= 11 is 0. The average molecular weight is 322 g/mol. The molecule has 2 amide bonds. The zero-order valence-corrected chi connectivity index (χ0v) is 12.1. The van der Waals surface area contributed by atoms with Gasteiger partial charge in [0.1, 0.15) is 17.5 Å². The van der Waals surface area contributed by atoms with Gasteiger partial charge in [0.25, 0.3) is 5.91 Å². The van der Waals surface area contributed by atoms with Crippen LogP contribution in [-0.2, 0) is 4.79 Å². The number of benzene rings is 2. The van der Waals surface area contributed by atoms with Crippen LogP contribution in [0.25, 0.3) is 0 Å².